The lowest BCUT2D eigenvalue weighted by atomic mass is 9.98. The van der Waals surface area contributed by atoms with Gasteiger partial charge in [0.25, 0.3) is 0 Å². The SMILES string of the molecule is CC(=O)Oc1ccc(CNC(=O)OCC2c3ccccc3-c3ccccc32)cc1. The smallest absolute Gasteiger partial charge is 0.407 e. The second-order valence-electron chi connectivity index (χ2n) is 6.92. The Bertz CT molecular complexity index is 997. The fourth-order valence-electron chi connectivity index (χ4n) is 3.66. The van der Waals surface area contributed by atoms with E-state index in [4.69, 9.17) is 9.47 Å². The summed E-state index contributed by atoms with van der Waals surface area (Å²) in [7, 11) is 0. The number of rotatable bonds is 5. The van der Waals surface area contributed by atoms with E-state index < -0.39 is 6.09 Å². The highest BCUT2D eigenvalue weighted by molar-refractivity contribution is 5.79. The van der Waals surface area contributed by atoms with Crippen molar-refractivity contribution < 1.29 is 19.1 Å². The molecule has 29 heavy (non-hydrogen) atoms. The molecule has 0 fully saturated rings. The number of fused-ring (bicyclic) bond motifs is 3. The largest absolute Gasteiger partial charge is 0.449 e. The van der Waals surface area contributed by atoms with Crippen LogP contribution in [0, 0.1) is 0 Å². The van der Waals surface area contributed by atoms with Crippen molar-refractivity contribution in [1.82, 2.24) is 5.32 Å². The van der Waals surface area contributed by atoms with E-state index in [9.17, 15) is 9.59 Å². The molecule has 0 aromatic heterocycles. The molecule has 4 rings (SSSR count). The monoisotopic (exact) mass is 387 g/mol. The van der Waals surface area contributed by atoms with Crippen molar-refractivity contribution in [3.05, 3.63) is 89.5 Å². The van der Waals surface area contributed by atoms with E-state index in [1.165, 1.54) is 29.2 Å². The van der Waals surface area contributed by atoms with Gasteiger partial charge in [-0.15, -0.1) is 0 Å². The topological polar surface area (TPSA) is 64.6 Å². The highest BCUT2D eigenvalue weighted by Crippen LogP contribution is 2.44. The molecule has 1 aliphatic carbocycles. The summed E-state index contributed by atoms with van der Waals surface area (Å²) in [5.41, 5.74) is 5.65. The maximum atomic E-state index is 12.2. The molecule has 0 aliphatic heterocycles. The minimum Gasteiger partial charge on any atom is -0.449 e. The van der Waals surface area contributed by atoms with E-state index in [1.54, 1.807) is 24.3 Å². The number of ether oxygens (including phenoxy) is 2. The minimum atomic E-state index is -0.462. The molecule has 0 spiro atoms. The van der Waals surface area contributed by atoms with Crippen LogP contribution in [-0.2, 0) is 16.1 Å². The van der Waals surface area contributed by atoms with Gasteiger partial charge in [0.15, 0.2) is 0 Å². The highest BCUT2D eigenvalue weighted by atomic mass is 16.5. The van der Waals surface area contributed by atoms with Crippen LogP contribution >= 0.6 is 0 Å². The van der Waals surface area contributed by atoms with Crippen molar-refractivity contribution in [2.75, 3.05) is 6.61 Å². The van der Waals surface area contributed by atoms with Gasteiger partial charge >= 0.3 is 12.1 Å². The maximum absolute atomic E-state index is 12.2. The Labute approximate surface area is 169 Å². The first-order valence-corrected chi connectivity index (χ1v) is 9.48. The molecule has 1 aliphatic rings. The molecule has 146 valence electrons. The zero-order chi connectivity index (χ0) is 20.2. The average Bonchev–Trinajstić information content (AvgIpc) is 3.05. The van der Waals surface area contributed by atoms with E-state index in [0.29, 0.717) is 12.3 Å². The third-order valence-electron chi connectivity index (χ3n) is 4.97. The Hall–Kier alpha value is -3.60. The Morgan fingerprint density at radius 3 is 2.03 bits per heavy atom. The summed E-state index contributed by atoms with van der Waals surface area (Å²) in [6.07, 6.45) is -0.462. The molecule has 1 N–H and O–H groups in total. The van der Waals surface area contributed by atoms with Crippen LogP contribution < -0.4 is 10.1 Å². The Balaban J connectivity index is 1.35. The fraction of sp³-hybridized carbons (Fsp3) is 0.167. The van der Waals surface area contributed by atoms with Crippen LogP contribution in [0.25, 0.3) is 11.1 Å². The minimum absolute atomic E-state index is 0.0381. The average molecular weight is 387 g/mol. The van der Waals surface area contributed by atoms with Gasteiger partial charge in [0.2, 0.25) is 0 Å². The lowest BCUT2D eigenvalue weighted by Crippen LogP contribution is -2.25. The van der Waals surface area contributed by atoms with Crippen molar-refractivity contribution in [2.24, 2.45) is 0 Å². The predicted octanol–water partition coefficient (Wildman–Crippen LogP) is 4.65. The first-order valence-electron chi connectivity index (χ1n) is 9.48. The normalized spacial score (nSPS) is 12.0. The molecule has 5 heteroatoms. The Morgan fingerprint density at radius 2 is 1.45 bits per heavy atom. The molecular weight excluding hydrogens is 366 g/mol. The van der Waals surface area contributed by atoms with Crippen LogP contribution in [0.5, 0.6) is 5.75 Å². The Kier molecular flexibility index (Phi) is 5.29. The molecule has 0 heterocycles. The molecule has 0 unspecified atom stereocenters. The number of hydrogen-bond donors (Lipinski definition) is 1. The summed E-state index contributed by atoms with van der Waals surface area (Å²) in [6, 6.07) is 23.4. The lowest BCUT2D eigenvalue weighted by molar-refractivity contribution is -0.131. The molecule has 3 aromatic rings. The number of alkyl carbamates (subject to hydrolysis) is 1. The number of carbonyl (C=O) groups excluding carboxylic acids is 2. The van der Waals surface area contributed by atoms with Crippen molar-refractivity contribution in [1.29, 1.82) is 0 Å². The van der Waals surface area contributed by atoms with Gasteiger partial charge in [0, 0.05) is 19.4 Å². The second kappa shape index (κ2) is 8.19. The van der Waals surface area contributed by atoms with Crippen LogP contribution in [-0.4, -0.2) is 18.7 Å². The van der Waals surface area contributed by atoms with E-state index in [0.717, 1.165) is 5.56 Å². The molecular formula is C24H21NO4. The zero-order valence-electron chi connectivity index (χ0n) is 16.1. The van der Waals surface area contributed by atoms with E-state index in [1.807, 2.05) is 24.3 Å². The Morgan fingerprint density at radius 1 is 0.862 bits per heavy atom. The first kappa shape index (κ1) is 18.7. The standard InChI is InChI=1S/C24H21NO4/c1-16(26)29-18-12-10-17(11-13-18)14-25-24(27)28-15-23-21-8-4-2-6-19(21)20-7-3-5-9-22(20)23/h2-13,23H,14-15H2,1H3,(H,25,27). The molecule has 0 atom stereocenters. The third kappa shape index (κ3) is 4.14. The van der Waals surface area contributed by atoms with Gasteiger partial charge < -0.3 is 14.8 Å². The number of amides is 1. The zero-order valence-corrected chi connectivity index (χ0v) is 16.1. The quantitative estimate of drug-likeness (QED) is 0.511. The van der Waals surface area contributed by atoms with Gasteiger partial charge in [0.05, 0.1) is 0 Å². The summed E-state index contributed by atoms with van der Waals surface area (Å²) in [6.45, 7) is 1.97. The number of carbonyl (C=O) groups is 2. The van der Waals surface area contributed by atoms with Crippen LogP contribution in [0.1, 0.15) is 29.5 Å². The summed E-state index contributed by atoms with van der Waals surface area (Å²) < 4.78 is 10.5. The van der Waals surface area contributed by atoms with Gasteiger partial charge in [-0.1, -0.05) is 60.7 Å². The lowest BCUT2D eigenvalue weighted by Gasteiger charge is -2.14. The van der Waals surface area contributed by atoms with E-state index in [2.05, 4.69) is 29.6 Å². The van der Waals surface area contributed by atoms with Gasteiger partial charge in [-0.25, -0.2) is 4.79 Å². The van der Waals surface area contributed by atoms with E-state index >= 15 is 0 Å². The fourth-order valence-corrected chi connectivity index (χ4v) is 3.66. The molecule has 1 amide bonds. The van der Waals surface area contributed by atoms with Crippen molar-refractivity contribution in [3.8, 4) is 16.9 Å². The molecule has 0 radical (unpaired) electrons. The van der Waals surface area contributed by atoms with Crippen LogP contribution in [0.15, 0.2) is 72.8 Å². The van der Waals surface area contributed by atoms with Gasteiger partial charge in [-0.3, -0.25) is 4.79 Å². The first-order chi connectivity index (χ1) is 14.1. The van der Waals surface area contributed by atoms with Gasteiger partial charge in [-0.05, 0) is 39.9 Å². The van der Waals surface area contributed by atoms with Crippen molar-refractivity contribution in [2.45, 2.75) is 19.4 Å². The summed E-state index contributed by atoms with van der Waals surface area (Å²) in [4.78, 5) is 23.2. The van der Waals surface area contributed by atoms with Crippen LogP contribution in [0.2, 0.25) is 0 Å². The molecule has 0 saturated heterocycles. The number of benzene rings is 3. The number of hydrogen-bond acceptors (Lipinski definition) is 4. The van der Waals surface area contributed by atoms with E-state index in [-0.39, 0.29) is 18.5 Å². The summed E-state index contributed by atoms with van der Waals surface area (Å²) >= 11 is 0. The molecule has 0 bridgehead atoms. The van der Waals surface area contributed by atoms with Gasteiger partial charge in [0.1, 0.15) is 12.4 Å². The summed E-state index contributed by atoms with van der Waals surface area (Å²) in [5.74, 6) is 0.146. The predicted molar refractivity (Wildman–Crippen MR) is 110 cm³/mol. The highest BCUT2D eigenvalue weighted by Gasteiger charge is 2.28. The molecule has 3 aromatic carbocycles. The number of nitrogens with one attached hydrogen (secondary N) is 1. The van der Waals surface area contributed by atoms with Crippen LogP contribution in [0.4, 0.5) is 4.79 Å². The second-order valence-corrected chi connectivity index (χ2v) is 6.92. The molecule has 0 saturated carbocycles. The van der Waals surface area contributed by atoms with Gasteiger partial charge in [-0.2, -0.15) is 0 Å². The summed E-state index contributed by atoms with van der Waals surface area (Å²) in [5, 5.41) is 2.76. The number of esters is 1. The van der Waals surface area contributed by atoms with Crippen molar-refractivity contribution in [3.63, 3.8) is 0 Å². The third-order valence-corrected chi connectivity index (χ3v) is 4.97. The molecule has 5 nitrogen and oxygen atoms in total. The maximum Gasteiger partial charge on any atom is 0.407 e. The van der Waals surface area contributed by atoms with Crippen molar-refractivity contribution >= 4 is 12.1 Å². The van der Waals surface area contributed by atoms with Crippen LogP contribution in [0.3, 0.4) is 0 Å².